The normalized spacial score (nSPS) is 18.0. The van der Waals surface area contributed by atoms with Gasteiger partial charge in [-0.15, -0.1) is 0 Å². The van der Waals surface area contributed by atoms with Gasteiger partial charge in [0.05, 0.1) is 0 Å². The first-order valence-corrected chi connectivity index (χ1v) is 8.58. The van der Waals surface area contributed by atoms with Crippen LogP contribution in [0.1, 0.15) is 12.5 Å². The zero-order valence-corrected chi connectivity index (χ0v) is 13.3. The molecule has 5 nitrogen and oxygen atoms in total. The zero-order chi connectivity index (χ0) is 15.5. The highest BCUT2D eigenvalue weighted by Gasteiger charge is 2.30. The lowest BCUT2D eigenvalue weighted by Gasteiger charge is -2.33. The molecule has 1 aliphatic heterocycles. The van der Waals surface area contributed by atoms with E-state index in [0.29, 0.717) is 32.7 Å². The van der Waals surface area contributed by atoms with Crippen LogP contribution in [-0.4, -0.2) is 57.4 Å². The standard InChI is InChI=1S/C14H22FN3O2S/c1-3-17-6-8-18(9-7-17)21(19,20)14-10-12(11-16-2)4-5-13(14)15/h4-5,10,16H,3,6-9,11H2,1-2H3. The van der Waals surface area contributed by atoms with Gasteiger partial charge in [0.25, 0.3) is 0 Å². The lowest BCUT2D eigenvalue weighted by atomic mass is 10.2. The molecule has 118 valence electrons. The number of likely N-dealkylation sites (N-methyl/N-ethyl adjacent to an activating group) is 1. The predicted octanol–water partition coefficient (Wildman–Crippen LogP) is 0.871. The van der Waals surface area contributed by atoms with Gasteiger partial charge < -0.3 is 10.2 Å². The molecule has 7 heteroatoms. The lowest BCUT2D eigenvalue weighted by Crippen LogP contribution is -2.48. The van der Waals surface area contributed by atoms with Crippen molar-refractivity contribution in [1.82, 2.24) is 14.5 Å². The van der Waals surface area contributed by atoms with E-state index in [0.717, 1.165) is 12.1 Å². The van der Waals surface area contributed by atoms with Gasteiger partial charge in [0.1, 0.15) is 10.7 Å². The first kappa shape index (κ1) is 16.4. The molecular formula is C14H22FN3O2S. The topological polar surface area (TPSA) is 52.7 Å². The summed E-state index contributed by atoms with van der Waals surface area (Å²) in [5.74, 6) is -0.687. The van der Waals surface area contributed by atoms with Crippen LogP contribution in [0.15, 0.2) is 23.1 Å². The number of hydrogen-bond acceptors (Lipinski definition) is 4. The Morgan fingerprint density at radius 3 is 2.48 bits per heavy atom. The van der Waals surface area contributed by atoms with Crippen LogP contribution in [0.25, 0.3) is 0 Å². The Hall–Kier alpha value is -1.02. The van der Waals surface area contributed by atoms with Crippen molar-refractivity contribution in [3.05, 3.63) is 29.6 Å². The zero-order valence-electron chi connectivity index (χ0n) is 12.5. The summed E-state index contributed by atoms with van der Waals surface area (Å²) in [6.07, 6.45) is 0. The highest BCUT2D eigenvalue weighted by molar-refractivity contribution is 7.89. The van der Waals surface area contributed by atoms with Crippen LogP contribution in [0.4, 0.5) is 4.39 Å². The van der Waals surface area contributed by atoms with Crippen LogP contribution < -0.4 is 5.32 Å². The minimum atomic E-state index is -3.76. The summed E-state index contributed by atoms with van der Waals surface area (Å²) in [5.41, 5.74) is 0.754. The number of rotatable bonds is 5. The summed E-state index contributed by atoms with van der Waals surface area (Å²) in [4.78, 5) is 1.96. The largest absolute Gasteiger partial charge is 0.316 e. The molecule has 21 heavy (non-hydrogen) atoms. The van der Waals surface area contributed by atoms with Crippen molar-refractivity contribution in [3.8, 4) is 0 Å². The van der Waals surface area contributed by atoms with Crippen molar-refractivity contribution in [2.24, 2.45) is 0 Å². The number of nitrogens with zero attached hydrogens (tertiary/aromatic N) is 2. The Bertz CT molecular complexity index is 584. The van der Waals surface area contributed by atoms with E-state index in [1.165, 1.54) is 16.4 Å². The molecule has 0 aromatic heterocycles. The van der Waals surface area contributed by atoms with Crippen LogP contribution in [-0.2, 0) is 16.6 Å². The maximum absolute atomic E-state index is 14.0. The fourth-order valence-corrected chi connectivity index (χ4v) is 4.02. The molecule has 1 aliphatic rings. The number of nitrogens with one attached hydrogen (secondary N) is 1. The Morgan fingerprint density at radius 2 is 1.90 bits per heavy atom. The SMILES string of the molecule is CCN1CCN(S(=O)(=O)c2cc(CNC)ccc2F)CC1. The number of sulfonamides is 1. The molecular weight excluding hydrogens is 293 g/mol. The molecule has 0 spiro atoms. The molecule has 0 bridgehead atoms. The van der Waals surface area contributed by atoms with E-state index < -0.39 is 15.8 Å². The quantitative estimate of drug-likeness (QED) is 0.876. The number of piperazine rings is 1. The molecule has 0 saturated carbocycles. The maximum atomic E-state index is 14.0. The Kier molecular flexibility index (Phi) is 5.32. The second-order valence-electron chi connectivity index (χ2n) is 5.13. The van der Waals surface area contributed by atoms with E-state index >= 15 is 0 Å². The number of halogens is 1. The molecule has 1 aromatic rings. The van der Waals surface area contributed by atoms with Gasteiger partial charge in [-0.25, -0.2) is 12.8 Å². The van der Waals surface area contributed by atoms with Crippen molar-refractivity contribution in [1.29, 1.82) is 0 Å². The fraction of sp³-hybridized carbons (Fsp3) is 0.571. The molecule has 2 rings (SSSR count). The van der Waals surface area contributed by atoms with Crippen LogP contribution in [0.2, 0.25) is 0 Å². The van der Waals surface area contributed by atoms with Gasteiger partial charge >= 0.3 is 0 Å². The predicted molar refractivity (Wildman–Crippen MR) is 80.0 cm³/mol. The highest BCUT2D eigenvalue weighted by Crippen LogP contribution is 2.22. The lowest BCUT2D eigenvalue weighted by molar-refractivity contribution is 0.196. The second-order valence-corrected chi connectivity index (χ2v) is 7.04. The first-order chi connectivity index (χ1) is 9.98. The molecule has 0 aliphatic carbocycles. The van der Waals surface area contributed by atoms with Crippen molar-refractivity contribution in [3.63, 3.8) is 0 Å². The van der Waals surface area contributed by atoms with Crippen LogP contribution >= 0.6 is 0 Å². The number of hydrogen-bond donors (Lipinski definition) is 1. The van der Waals surface area contributed by atoms with Crippen LogP contribution in [0, 0.1) is 5.82 Å². The fourth-order valence-electron chi connectivity index (χ4n) is 2.48. The molecule has 1 fully saturated rings. The maximum Gasteiger partial charge on any atom is 0.246 e. The Balaban J connectivity index is 2.25. The van der Waals surface area contributed by atoms with E-state index in [2.05, 4.69) is 10.2 Å². The third-order valence-corrected chi connectivity index (χ3v) is 5.69. The Labute approximate surface area is 125 Å². The van der Waals surface area contributed by atoms with Crippen molar-refractivity contribution in [2.45, 2.75) is 18.4 Å². The minimum Gasteiger partial charge on any atom is -0.316 e. The van der Waals surface area contributed by atoms with E-state index in [1.54, 1.807) is 13.1 Å². The van der Waals surface area contributed by atoms with Gasteiger partial charge in [-0.3, -0.25) is 0 Å². The molecule has 0 unspecified atom stereocenters. The van der Waals surface area contributed by atoms with Gasteiger partial charge in [0.2, 0.25) is 10.0 Å². The summed E-state index contributed by atoms with van der Waals surface area (Å²) in [6, 6.07) is 4.25. The first-order valence-electron chi connectivity index (χ1n) is 7.14. The molecule has 0 amide bonds. The van der Waals surface area contributed by atoms with Gasteiger partial charge in [0, 0.05) is 32.7 Å². The average molecular weight is 315 g/mol. The summed E-state index contributed by atoms with van der Waals surface area (Å²) < 4.78 is 40.6. The van der Waals surface area contributed by atoms with Crippen LogP contribution in [0.3, 0.4) is 0 Å². The smallest absolute Gasteiger partial charge is 0.246 e. The van der Waals surface area contributed by atoms with Gasteiger partial charge in [0.15, 0.2) is 0 Å². The molecule has 1 saturated heterocycles. The molecule has 0 radical (unpaired) electrons. The van der Waals surface area contributed by atoms with E-state index in [-0.39, 0.29) is 4.90 Å². The molecule has 1 heterocycles. The van der Waals surface area contributed by atoms with E-state index in [4.69, 9.17) is 0 Å². The Morgan fingerprint density at radius 1 is 1.24 bits per heavy atom. The molecule has 0 atom stereocenters. The van der Waals surface area contributed by atoms with Crippen LogP contribution in [0.5, 0.6) is 0 Å². The summed E-state index contributed by atoms with van der Waals surface area (Å²) in [7, 11) is -2.00. The highest BCUT2D eigenvalue weighted by atomic mass is 32.2. The van der Waals surface area contributed by atoms with Crippen molar-refractivity contribution >= 4 is 10.0 Å². The van der Waals surface area contributed by atoms with Gasteiger partial charge in [-0.1, -0.05) is 13.0 Å². The molecule has 1 aromatic carbocycles. The monoisotopic (exact) mass is 315 g/mol. The summed E-state index contributed by atoms with van der Waals surface area (Å²) in [6.45, 7) is 5.65. The number of benzene rings is 1. The second kappa shape index (κ2) is 6.83. The average Bonchev–Trinajstić information content (AvgIpc) is 2.49. The third kappa shape index (κ3) is 3.60. The molecule has 1 N–H and O–H groups in total. The summed E-state index contributed by atoms with van der Waals surface area (Å²) in [5, 5.41) is 2.94. The summed E-state index contributed by atoms with van der Waals surface area (Å²) >= 11 is 0. The van der Waals surface area contributed by atoms with Gasteiger partial charge in [-0.05, 0) is 31.3 Å². The third-order valence-electron chi connectivity index (χ3n) is 3.77. The van der Waals surface area contributed by atoms with Crippen molar-refractivity contribution in [2.75, 3.05) is 39.8 Å². The van der Waals surface area contributed by atoms with Gasteiger partial charge in [-0.2, -0.15) is 4.31 Å². The minimum absolute atomic E-state index is 0.222. The van der Waals surface area contributed by atoms with E-state index in [1.807, 2.05) is 6.92 Å². The van der Waals surface area contributed by atoms with Crippen molar-refractivity contribution < 1.29 is 12.8 Å². The van der Waals surface area contributed by atoms with E-state index in [9.17, 15) is 12.8 Å².